The molecular weight excluding hydrogens is 258 g/mol. The van der Waals surface area contributed by atoms with Gasteiger partial charge < -0.3 is 10.1 Å². The van der Waals surface area contributed by atoms with Crippen LogP contribution < -0.4 is 5.32 Å². The summed E-state index contributed by atoms with van der Waals surface area (Å²) >= 11 is 0. The Balaban J connectivity index is 2.57. The molecule has 0 aliphatic rings. The Hall–Kier alpha value is -2.43. The molecule has 1 rings (SSSR count). The van der Waals surface area contributed by atoms with Gasteiger partial charge in [0.1, 0.15) is 5.54 Å². The van der Waals surface area contributed by atoms with Gasteiger partial charge in [-0.25, -0.2) is 4.79 Å². The Morgan fingerprint density at radius 3 is 2.40 bits per heavy atom. The first kappa shape index (κ1) is 15.6. The molecule has 20 heavy (non-hydrogen) atoms. The van der Waals surface area contributed by atoms with Crippen molar-refractivity contribution in [2.75, 3.05) is 6.61 Å². The molecule has 0 atom stereocenters. The molecule has 106 valence electrons. The van der Waals surface area contributed by atoms with Gasteiger partial charge in [0.15, 0.2) is 12.4 Å². The van der Waals surface area contributed by atoms with E-state index in [-0.39, 0.29) is 12.4 Å². The van der Waals surface area contributed by atoms with E-state index < -0.39 is 17.4 Å². The minimum atomic E-state index is -1.22. The third-order valence-corrected chi connectivity index (χ3v) is 2.56. The molecule has 1 aromatic rings. The highest BCUT2D eigenvalue weighted by atomic mass is 16.5. The van der Waals surface area contributed by atoms with Gasteiger partial charge in [-0.05, 0) is 19.9 Å². The standard InChI is InChI=1S/C15H17NO4/c1-4-13(18)16-15(2,3)14(19)20-10-12(17)11-8-6-5-7-9-11/h4-9H,1,10H2,2-3H3,(H,16,18). The Morgan fingerprint density at radius 1 is 1.25 bits per heavy atom. The highest BCUT2D eigenvalue weighted by Crippen LogP contribution is 2.07. The van der Waals surface area contributed by atoms with Gasteiger partial charge in [0, 0.05) is 5.56 Å². The van der Waals surface area contributed by atoms with E-state index >= 15 is 0 Å². The minimum Gasteiger partial charge on any atom is -0.456 e. The van der Waals surface area contributed by atoms with Crippen LogP contribution in [0.3, 0.4) is 0 Å². The summed E-state index contributed by atoms with van der Waals surface area (Å²) < 4.78 is 4.93. The number of rotatable bonds is 6. The SMILES string of the molecule is C=CC(=O)NC(C)(C)C(=O)OCC(=O)c1ccccc1. The minimum absolute atomic E-state index is 0.301. The molecule has 0 bridgehead atoms. The third-order valence-electron chi connectivity index (χ3n) is 2.56. The summed E-state index contributed by atoms with van der Waals surface area (Å²) in [5, 5.41) is 2.43. The van der Waals surface area contributed by atoms with Crippen molar-refractivity contribution in [1.29, 1.82) is 0 Å². The van der Waals surface area contributed by atoms with Crippen LogP contribution >= 0.6 is 0 Å². The Labute approximate surface area is 117 Å². The smallest absolute Gasteiger partial charge is 0.331 e. The summed E-state index contributed by atoms with van der Waals surface area (Å²) in [6.45, 7) is 5.91. The summed E-state index contributed by atoms with van der Waals surface area (Å²) in [5.74, 6) is -1.47. The Morgan fingerprint density at radius 2 is 1.85 bits per heavy atom. The van der Waals surface area contributed by atoms with Crippen LogP contribution in [0.2, 0.25) is 0 Å². The lowest BCUT2D eigenvalue weighted by Gasteiger charge is -2.23. The van der Waals surface area contributed by atoms with Crippen molar-refractivity contribution in [3.63, 3.8) is 0 Å². The quantitative estimate of drug-likeness (QED) is 0.485. The van der Waals surface area contributed by atoms with Gasteiger partial charge in [-0.2, -0.15) is 0 Å². The highest BCUT2D eigenvalue weighted by molar-refractivity contribution is 5.99. The van der Waals surface area contributed by atoms with E-state index in [9.17, 15) is 14.4 Å². The average molecular weight is 275 g/mol. The molecule has 0 aromatic heterocycles. The first-order chi connectivity index (χ1) is 9.36. The van der Waals surface area contributed by atoms with Crippen LogP contribution in [-0.2, 0) is 14.3 Å². The second kappa shape index (κ2) is 6.65. The van der Waals surface area contributed by atoms with E-state index in [0.29, 0.717) is 5.56 Å². The third kappa shape index (κ3) is 4.35. The molecule has 0 unspecified atom stereocenters. The number of hydrogen-bond donors (Lipinski definition) is 1. The predicted octanol–water partition coefficient (Wildman–Crippen LogP) is 1.49. The molecule has 0 saturated carbocycles. The summed E-state index contributed by atoms with van der Waals surface area (Å²) in [6, 6.07) is 8.52. The monoisotopic (exact) mass is 275 g/mol. The van der Waals surface area contributed by atoms with Gasteiger partial charge in [-0.1, -0.05) is 36.9 Å². The molecule has 0 saturated heterocycles. The number of carbonyl (C=O) groups excluding carboxylic acids is 3. The maximum atomic E-state index is 11.8. The van der Waals surface area contributed by atoms with Gasteiger partial charge >= 0.3 is 5.97 Å². The average Bonchev–Trinajstić information content (AvgIpc) is 2.44. The second-order valence-corrected chi connectivity index (χ2v) is 4.68. The molecule has 0 aliphatic carbocycles. The van der Waals surface area contributed by atoms with Gasteiger partial charge in [0.05, 0.1) is 0 Å². The zero-order chi connectivity index (χ0) is 15.2. The first-order valence-corrected chi connectivity index (χ1v) is 6.07. The molecule has 1 aromatic carbocycles. The van der Waals surface area contributed by atoms with Crippen molar-refractivity contribution < 1.29 is 19.1 Å². The fraction of sp³-hybridized carbons (Fsp3) is 0.267. The maximum absolute atomic E-state index is 11.8. The number of ether oxygens (including phenoxy) is 1. The van der Waals surface area contributed by atoms with Crippen LogP contribution in [0.15, 0.2) is 43.0 Å². The summed E-state index contributed by atoms with van der Waals surface area (Å²) in [5.41, 5.74) is -0.754. The lowest BCUT2D eigenvalue weighted by Crippen LogP contribution is -2.50. The fourth-order valence-corrected chi connectivity index (χ4v) is 1.43. The highest BCUT2D eigenvalue weighted by Gasteiger charge is 2.31. The van der Waals surface area contributed by atoms with Gasteiger partial charge in [-0.3, -0.25) is 9.59 Å². The lowest BCUT2D eigenvalue weighted by atomic mass is 10.1. The second-order valence-electron chi connectivity index (χ2n) is 4.68. The topological polar surface area (TPSA) is 72.5 Å². The lowest BCUT2D eigenvalue weighted by molar-refractivity contribution is -0.150. The largest absolute Gasteiger partial charge is 0.456 e. The number of hydrogen-bond acceptors (Lipinski definition) is 4. The zero-order valence-electron chi connectivity index (χ0n) is 11.5. The fourth-order valence-electron chi connectivity index (χ4n) is 1.43. The van der Waals surface area contributed by atoms with E-state index in [2.05, 4.69) is 11.9 Å². The molecule has 0 spiro atoms. The molecule has 1 N–H and O–H groups in total. The van der Waals surface area contributed by atoms with Crippen molar-refractivity contribution in [1.82, 2.24) is 5.32 Å². The molecule has 0 aliphatic heterocycles. The zero-order valence-corrected chi connectivity index (χ0v) is 11.5. The van der Waals surface area contributed by atoms with Crippen LogP contribution in [-0.4, -0.2) is 29.8 Å². The molecular formula is C15H17NO4. The molecule has 0 heterocycles. The molecule has 0 radical (unpaired) electrons. The van der Waals surface area contributed by atoms with Gasteiger partial charge in [0.2, 0.25) is 5.91 Å². The number of benzene rings is 1. The summed E-state index contributed by atoms with van der Waals surface area (Å²) in [6.07, 6.45) is 1.06. The van der Waals surface area contributed by atoms with Crippen molar-refractivity contribution >= 4 is 17.7 Å². The van der Waals surface area contributed by atoms with Crippen LogP contribution in [0.1, 0.15) is 24.2 Å². The van der Waals surface area contributed by atoms with Gasteiger partial charge in [-0.15, -0.1) is 0 Å². The number of nitrogens with one attached hydrogen (secondary N) is 1. The molecule has 5 nitrogen and oxygen atoms in total. The van der Waals surface area contributed by atoms with Crippen molar-refractivity contribution in [2.45, 2.75) is 19.4 Å². The number of ketones is 1. The number of esters is 1. The van der Waals surface area contributed by atoms with E-state index in [0.717, 1.165) is 6.08 Å². The Kier molecular flexibility index (Phi) is 5.20. The summed E-state index contributed by atoms with van der Waals surface area (Å²) in [7, 11) is 0. The van der Waals surface area contributed by atoms with Crippen molar-refractivity contribution in [3.05, 3.63) is 48.6 Å². The van der Waals surface area contributed by atoms with Crippen molar-refractivity contribution in [2.24, 2.45) is 0 Å². The summed E-state index contributed by atoms with van der Waals surface area (Å²) in [4.78, 5) is 34.8. The van der Waals surface area contributed by atoms with Crippen LogP contribution in [0.4, 0.5) is 0 Å². The van der Waals surface area contributed by atoms with Crippen molar-refractivity contribution in [3.8, 4) is 0 Å². The number of Topliss-reactive ketones (excluding diaryl/α,β-unsaturated/α-hetero) is 1. The maximum Gasteiger partial charge on any atom is 0.331 e. The predicted molar refractivity (Wildman–Crippen MR) is 74.2 cm³/mol. The van der Waals surface area contributed by atoms with Crippen LogP contribution in [0.5, 0.6) is 0 Å². The van der Waals surface area contributed by atoms with Crippen LogP contribution in [0, 0.1) is 0 Å². The molecule has 1 amide bonds. The van der Waals surface area contributed by atoms with E-state index in [1.165, 1.54) is 13.8 Å². The normalized spacial score (nSPS) is 10.5. The van der Waals surface area contributed by atoms with Gasteiger partial charge in [0.25, 0.3) is 0 Å². The van der Waals surface area contributed by atoms with Crippen LogP contribution in [0.25, 0.3) is 0 Å². The van der Waals surface area contributed by atoms with E-state index in [1.807, 2.05) is 0 Å². The number of amides is 1. The molecule has 5 heteroatoms. The van der Waals surface area contributed by atoms with E-state index in [1.54, 1.807) is 30.3 Å². The van der Waals surface area contributed by atoms with E-state index in [4.69, 9.17) is 4.74 Å². The number of carbonyl (C=O) groups is 3. The molecule has 0 fully saturated rings. The first-order valence-electron chi connectivity index (χ1n) is 6.07. The Bertz CT molecular complexity index is 520.